The molecule has 0 aromatic heterocycles. The zero-order valence-corrected chi connectivity index (χ0v) is 9.63. The molecule has 0 bridgehead atoms. The Morgan fingerprint density at radius 2 is 1.81 bits per heavy atom. The first-order valence-corrected chi connectivity index (χ1v) is 5.75. The van der Waals surface area contributed by atoms with Crippen LogP contribution in [0.15, 0.2) is 29.4 Å². The number of hydrazone groups is 1. The van der Waals surface area contributed by atoms with Crippen molar-refractivity contribution in [3.63, 3.8) is 0 Å². The fourth-order valence-corrected chi connectivity index (χ4v) is 1.76. The highest BCUT2D eigenvalue weighted by Gasteiger charge is 2.16. The molecular weight excluding hydrogens is 224 g/mol. The summed E-state index contributed by atoms with van der Waals surface area (Å²) in [7, 11) is 0. The molecule has 2 rings (SSSR count). The minimum absolute atomic E-state index is 0.160. The third-order valence-electron chi connectivity index (χ3n) is 2.55. The predicted molar refractivity (Wildman–Crippen MR) is 66.0 cm³/mol. The SMILES string of the molecule is O=C1CCCCC1=NNc1ccc(Cl)cc1. The molecule has 3 nitrogen and oxygen atoms in total. The van der Waals surface area contributed by atoms with E-state index in [1.807, 2.05) is 12.1 Å². The maximum absolute atomic E-state index is 11.5. The van der Waals surface area contributed by atoms with Crippen molar-refractivity contribution in [1.82, 2.24) is 0 Å². The number of carbonyl (C=O) groups excluding carboxylic acids is 1. The smallest absolute Gasteiger partial charge is 0.178 e. The maximum Gasteiger partial charge on any atom is 0.178 e. The van der Waals surface area contributed by atoms with Gasteiger partial charge in [-0.3, -0.25) is 10.2 Å². The number of ketones is 1. The molecule has 0 heterocycles. The van der Waals surface area contributed by atoms with Gasteiger partial charge in [0.15, 0.2) is 5.78 Å². The average molecular weight is 237 g/mol. The molecule has 1 fully saturated rings. The van der Waals surface area contributed by atoms with Crippen LogP contribution >= 0.6 is 11.6 Å². The second-order valence-corrected chi connectivity index (χ2v) is 4.24. The number of carbonyl (C=O) groups is 1. The van der Waals surface area contributed by atoms with Crippen molar-refractivity contribution in [1.29, 1.82) is 0 Å². The van der Waals surface area contributed by atoms with E-state index in [4.69, 9.17) is 11.6 Å². The summed E-state index contributed by atoms with van der Waals surface area (Å²) < 4.78 is 0. The molecular formula is C12H13ClN2O. The molecule has 84 valence electrons. The highest BCUT2D eigenvalue weighted by molar-refractivity contribution is 6.40. The maximum atomic E-state index is 11.5. The summed E-state index contributed by atoms with van der Waals surface area (Å²) in [6.07, 6.45) is 3.44. The van der Waals surface area contributed by atoms with Crippen LogP contribution in [0.2, 0.25) is 5.02 Å². The van der Waals surface area contributed by atoms with Crippen molar-refractivity contribution in [2.75, 3.05) is 5.43 Å². The van der Waals surface area contributed by atoms with Gasteiger partial charge in [0.2, 0.25) is 0 Å². The van der Waals surface area contributed by atoms with Crippen molar-refractivity contribution < 1.29 is 4.79 Å². The topological polar surface area (TPSA) is 41.5 Å². The van der Waals surface area contributed by atoms with Crippen LogP contribution in [-0.4, -0.2) is 11.5 Å². The molecule has 1 aliphatic rings. The molecule has 0 aliphatic heterocycles. The monoisotopic (exact) mass is 236 g/mol. The van der Waals surface area contributed by atoms with Crippen molar-refractivity contribution in [2.24, 2.45) is 5.10 Å². The lowest BCUT2D eigenvalue weighted by atomic mass is 9.97. The van der Waals surface area contributed by atoms with E-state index < -0.39 is 0 Å². The van der Waals surface area contributed by atoms with E-state index in [0.29, 0.717) is 17.2 Å². The van der Waals surface area contributed by atoms with Crippen LogP contribution < -0.4 is 5.43 Å². The van der Waals surface area contributed by atoms with Crippen LogP contribution in [0.25, 0.3) is 0 Å². The molecule has 0 saturated heterocycles. The van der Waals surface area contributed by atoms with E-state index in [0.717, 1.165) is 24.9 Å². The van der Waals surface area contributed by atoms with Crippen molar-refractivity contribution >= 4 is 28.8 Å². The van der Waals surface area contributed by atoms with E-state index in [9.17, 15) is 4.79 Å². The van der Waals surface area contributed by atoms with E-state index in [1.54, 1.807) is 12.1 Å². The van der Waals surface area contributed by atoms with E-state index in [-0.39, 0.29) is 5.78 Å². The standard InChI is InChI=1S/C12H13ClN2O/c13-9-5-7-10(8-6-9)14-15-11-3-1-2-4-12(11)16/h5-8,14H,1-4H2. The fourth-order valence-electron chi connectivity index (χ4n) is 1.64. The summed E-state index contributed by atoms with van der Waals surface area (Å²) in [4.78, 5) is 11.5. The average Bonchev–Trinajstić information content (AvgIpc) is 2.30. The minimum Gasteiger partial charge on any atom is -0.293 e. The first-order chi connectivity index (χ1) is 7.75. The van der Waals surface area contributed by atoms with Gasteiger partial charge < -0.3 is 0 Å². The summed E-state index contributed by atoms with van der Waals surface area (Å²) >= 11 is 5.77. The largest absolute Gasteiger partial charge is 0.293 e. The van der Waals surface area contributed by atoms with Gasteiger partial charge in [-0.1, -0.05) is 11.6 Å². The third kappa shape index (κ3) is 2.83. The van der Waals surface area contributed by atoms with E-state index in [1.165, 1.54) is 0 Å². The van der Waals surface area contributed by atoms with Gasteiger partial charge in [0.1, 0.15) is 5.71 Å². The number of nitrogens with one attached hydrogen (secondary N) is 1. The zero-order valence-electron chi connectivity index (χ0n) is 8.87. The van der Waals surface area contributed by atoms with Crippen LogP contribution in [0, 0.1) is 0 Å². The van der Waals surface area contributed by atoms with Crippen LogP contribution in [0.1, 0.15) is 25.7 Å². The van der Waals surface area contributed by atoms with Gasteiger partial charge in [0, 0.05) is 11.4 Å². The van der Waals surface area contributed by atoms with Crippen molar-refractivity contribution in [3.05, 3.63) is 29.3 Å². The molecule has 0 unspecified atom stereocenters. The number of anilines is 1. The van der Waals surface area contributed by atoms with Crippen molar-refractivity contribution in [2.45, 2.75) is 25.7 Å². The highest BCUT2D eigenvalue weighted by Crippen LogP contribution is 2.15. The molecule has 1 aromatic rings. The molecule has 0 radical (unpaired) electrons. The quantitative estimate of drug-likeness (QED) is 0.801. The van der Waals surface area contributed by atoms with E-state index >= 15 is 0 Å². The van der Waals surface area contributed by atoms with Gasteiger partial charge in [-0.25, -0.2) is 0 Å². The lowest BCUT2D eigenvalue weighted by Gasteiger charge is -2.11. The molecule has 1 aliphatic carbocycles. The molecule has 0 amide bonds. The third-order valence-corrected chi connectivity index (χ3v) is 2.81. The lowest BCUT2D eigenvalue weighted by molar-refractivity contribution is -0.113. The zero-order chi connectivity index (χ0) is 11.4. The van der Waals surface area contributed by atoms with Gasteiger partial charge >= 0.3 is 0 Å². The molecule has 1 N–H and O–H groups in total. The van der Waals surface area contributed by atoms with Gasteiger partial charge in [0.25, 0.3) is 0 Å². The Bertz CT molecular complexity index is 412. The van der Waals surface area contributed by atoms with Crippen LogP contribution in [0.5, 0.6) is 0 Å². The lowest BCUT2D eigenvalue weighted by Crippen LogP contribution is -2.19. The Balaban J connectivity index is 2.02. The van der Waals surface area contributed by atoms with Gasteiger partial charge in [0.05, 0.1) is 5.69 Å². The van der Waals surface area contributed by atoms with Gasteiger partial charge in [-0.05, 0) is 43.5 Å². The predicted octanol–water partition coefficient (Wildman–Crippen LogP) is 3.25. The van der Waals surface area contributed by atoms with E-state index in [2.05, 4.69) is 10.5 Å². The molecule has 1 aromatic carbocycles. The molecule has 4 heteroatoms. The Labute approximate surface area is 99.5 Å². The van der Waals surface area contributed by atoms with Gasteiger partial charge in [-0.15, -0.1) is 0 Å². The summed E-state index contributed by atoms with van der Waals surface area (Å²) in [5.74, 6) is 0.160. The normalized spacial score (nSPS) is 18.8. The molecule has 0 spiro atoms. The first kappa shape index (κ1) is 11.1. The summed E-state index contributed by atoms with van der Waals surface area (Å²) in [6.45, 7) is 0. The van der Waals surface area contributed by atoms with Crippen LogP contribution in [-0.2, 0) is 4.79 Å². The Morgan fingerprint density at radius 1 is 1.12 bits per heavy atom. The number of hydrogen-bond donors (Lipinski definition) is 1. The minimum atomic E-state index is 0.160. The highest BCUT2D eigenvalue weighted by atomic mass is 35.5. The summed E-state index contributed by atoms with van der Waals surface area (Å²) in [5.41, 5.74) is 4.38. The Morgan fingerprint density at radius 3 is 2.50 bits per heavy atom. The number of benzene rings is 1. The second-order valence-electron chi connectivity index (χ2n) is 3.81. The Hall–Kier alpha value is -1.35. The molecule has 16 heavy (non-hydrogen) atoms. The summed E-state index contributed by atoms with van der Waals surface area (Å²) in [6, 6.07) is 7.24. The first-order valence-electron chi connectivity index (χ1n) is 5.37. The molecule has 1 saturated carbocycles. The summed E-state index contributed by atoms with van der Waals surface area (Å²) in [5, 5.41) is 4.83. The second kappa shape index (κ2) is 5.12. The number of hydrogen-bond acceptors (Lipinski definition) is 3. The van der Waals surface area contributed by atoms with Crippen molar-refractivity contribution in [3.8, 4) is 0 Å². The number of nitrogens with zero attached hydrogens (tertiary/aromatic N) is 1. The number of halogens is 1. The fraction of sp³-hybridized carbons (Fsp3) is 0.333. The van der Waals surface area contributed by atoms with Gasteiger partial charge in [-0.2, -0.15) is 5.10 Å². The number of Topliss-reactive ketones (excluding diaryl/α,β-unsaturated/α-hetero) is 1. The van der Waals surface area contributed by atoms with Crippen LogP contribution in [0.4, 0.5) is 5.69 Å². The molecule has 0 atom stereocenters. The Kier molecular flexibility index (Phi) is 3.57. The van der Waals surface area contributed by atoms with Crippen LogP contribution in [0.3, 0.4) is 0 Å². The number of rotatable bonds is 2.